The van der Waals surface area contributed by atoms with Crippen molar-refractivity contribution >= 4 is 16.3 Å². The van der Waals surface area contributed by atoms with E-state index in [2.05, 4.69) is 0 Å². The molecule has 1 heterocycles. The molecule has 1 aromatic heterocycles. The minimum Gasteiger partial charge on any atom is -0.298 e. The molecule has 0 aliphatic heterocycles. The molecule has 0 unspecified atom stereocenters. The Kier molecular flexibility index (Phi) is 3.83. The predicted molar refractivity (Wildman–Crippen MR) is 84.2 cm³/mol. The zero-order valence-corrected chi connectivity index (χ0v) is 12.7. The minimum absolute atomic E-state index is 0.0182. The Labute approximate surface area is 132 Å². The van der Waals surface area contributed by atoms with Gasteiger partial charge in [0.15, 0.2) is 12.1 Å². The van der Waals surface area contributed by atoms with Crippen molar-refractivity contribution in [3.8, 4) is 11.3 Å². The number of carbonyl (C=O) groups is 1. The van der Waals surface area contributed by atoms with Crippen LogP contribution in [0.4, 0.5) is 4.39 Å². The van der Waals surface area contributed by atoms with Gasteiger partial charge in [-0.2, -0.15) is 0 Å². The van der Waals surface area contributed by atoms with E-state index < -0.39 is 15.8 Å². The lowest BCUT2D eigenvalue weighted by molar-refractivity contribution is 0.112. The van der Waals surface area contributed by atoms with Crippen LogP contribution >= 0.6 is 0 Å². The molecule has 116 valence electrons. The summed E-state index contributed by atoms with van der Waals surface area (Å²) < 4.78 is 40.9. The number of aromatic nitrogens is 1. The largest absolute Gasteiger partial charge is 0.298 e. The summed E-state index contributed by atoms with van der Waals surface area (Å²) in [5.74, 6) is -0.856. The number of hydrogen-bond donors (Lipinski definition) is 0. The monoisotopic (exact) mass is 329 g/mol. The lowest BCUT2D eigenvalue weighted by atomic mass is 10.1. The smallest absolute Gasteiger partial charge is 0.268 e. The van der Waals surface area contributed by atoms with Crippen LogP contribution in [0.15, 0.2) is 71.8 Å². The zero-order valence-electron chi connectivity index (χ0n) is 11.9. The summed E-state index contributed by atoms with van der Waals surface area (Å²) >= 11 is 0. The molecule has 4 nitrogen and oxygen atoms in total. The third-order valence-electron chi connectivity index (χ3n) is 3.41. The van der Waals surface area contributed by atoms with Gasteiger partial charge in [0.25, 0.3) is 10.0 Å². The molecule has 0 atom stereocenters. The van der Waals surface area contributed by atoms with Crippen molar-refractivity contribution in [2.45, 2.75) is 4.90 Å². The summed E-state index contributed by atoms with van der Waals surface area (Å²) in [5.41, 5.74) is -0.0856. The second-order valence-corrected chi connectivity index (χ2v) is 6.66. The van der Waals surface area contributed by atoms with Gasteiger partial charge in [-0.25, -0.2) is 16.8 Å². The Hall–Kier alpha value is -2.73. The fourth-order valence-corrected chi connectivity index (χ4v) is 3.72. The topological polar surface area (TPSA) is 56.1 Å². The first-order chi connectivity index (χ1) is 11.1. The summed E-state index contributed by atoms with van der Waals surface area (Å²) in [6.45, 7) is 0. The summed E-state index contributed by atoms with van der Waals surface area (Å²) in [7, 11) is -4.01. The van der Waals surface area contributed by atoms with Crippen molar-refractivity contribution in [1.29, 1.82) is 0 Å². The highest BCUT2D eigenvalue weighted by Crippen LogP contribution is 2.29. The molecule has 0 N–H and O–H groups in total. The van der Waals surface area contributed by atoms with Crippen LogP contribution in [0.25, 0.3) is 11.3 Å². The molecule has 3 rings (SSSR count). The van der Waals surface area contributed by atoms with Crippen LogP contribution in [0.2, 0.25) is 0 Å². The van der Waals surface area contributed by atoms with E-state index in [0.717, 1.165) is 10.2 Å². The van der Waals surface area contributed by atoms with Gasteiger partial charge in [0, 0.05) is 11.8 Å². The molecule has 23 heavy (non-hydrogen) atoms. The molecule has 0 radical (unpaired) electrons. The van der Waals surface area contributed by atoms with Crippen molar-refractivity contribution in [2.75, 3.05) is 0 Å². The Bertz CT molecular complexity index is 948. The third kappa shape index (κ3) is 2.57. The predicted octanol–water partition coefficient (Wildman–Crippen LogP) is 3.34. The first-order valence-corrected chi connectivity index (χ1v) is 8.22. The van der Waals surface area contributed by atoms with E-state index in [1.807, 2.05) is 0 Å². The molecule has 0 amide bonds. The lowest BCUT2D eigenvalue weighted by Gasteiger charge is -2.10. The molecular weight excluding hydrogens is 317 g/mol. The maximum Gasteiger partial charge on any atom is 0.268 e. The van der Waals surface area contributed by atoms with Gasteiger partial charge >= 0.3 is 0 Å². The van der Waals surface area contributed by atoms with E-state index in [0.29, 0.717) is 11.8 Å². The number of benzene rings is 2. The molecule has 0 saturated carbocycles. The average Bonchev–Trinajstić information content (AvgIpc) is 2.94. The standard InChI is InChI=1S/C17H12FNO3S/c18-16-14(12-20)11-19(17(16)13-7-3-1-4-8-13)23(21,22)15-9-5-2-6-10-15/h1-12H. The molecule has 2 aromatic carbocycles. The summed E-state index contributed by atoms with van der Waals surface area (Å²) in [5, 5.41) is 0. The van der Waals surface area contributed by atoms with E-state index in [1.165, 1.54) is 12.1 Å². The number of halogens is 1. The zero-order chi connectivity index (χ0) is 16.4. The van der Waals surface area contributed by atoms with Crippen molar-refractivity contribution < 1.29 is 17.6 Å². The van der Waals surface area contributed by atoms with Crippen LogP contribution in [-0.2, 0) is 10.0 Å². The van der Waals surface area contributed by atoms with Crippen LogP contribution < -0.4 is 0 Å². The van der Waals surface area contributed by atoms with E-state index in [1.54, 1.807) is 48.5 Å². The molecular formula is C17H12FNO3S. The number of carbonyl (C=O) groups excluding carboxylic acids is 1. The van der Waals surface area contributed by atoms with Gasteiger partial charge in [0.1, 0.15) is 5.69 Å². The van der Waals surface area contributed by atoms with Gasteiger partial charge < -0.3 is 0 Å². The first kappa shape index (κ1) is 15.2. The molecule has 0 aliphatic rings. The molecule has 0 saturated heterocycles. The molecule has 0 aliphatic carbocycles. The molecule has 0 spiro atoms. The SMILES string of the molecule is O=Cc1cn(S(=O)(=O)c2ccccc2)c(-c2ccccc2)c1F. The Morgan fingerprint density at radius 3 is 2.04 bits per heavy atom. The first-order valence-electron chi connectivity index (χ1n) is 6.78. The number of aldehydes is 1. The summed E-state index contributed by atoms with van der Waals surface area (Å²) in [6.07, 6.45) is 1.31. The maximum absolute atomic E-state index is 14.5. The lowest BCUT2D eigenvalue weighted by Crippen LogP contribution is -2.13. The number of rotatable bonds is 4. The highest BCUT2D eigenvalue weighted by atomic mass is 32.2. The van der Waals surface area contributed by atoms with Crippen LogP contribution in [-0.4, -0.2) is 18.7 Å². The van der Waals surface area contributed by atoms with Crippen LogP contribution in [0.1, 0.15) is 10.4 Å². The molecule has 3 aromatic rings. The van der Waals surface area contributed by atoms with Crippen molar-refractivity contribution in [3.63, 3.8) is 0 Å². The normalized spacial score (nSPS) is 11.3. The number of nitrogens with zero attached hydrogens (tertiary/aromatic N) is 1. The maximum atomic E-state index is 14.5. The highest BCUT2D eigenvalue weighted by molar-refractivity contribution is 7.90. The summed E-state index contributed by atoms with van der Waals surface area (Å²) in [4.78, 5) is 11.1. The van der Waals surface area contributed by atoms with Gasteiger partial charge in [-0.3, -0.25) is 4.79 Å². The van der Waals surface area contributed by atoms with E-state index in [4.69, 9.17) is 0 Å². The summed E-state index contributed by atoms with van der Waals surface area (Å²) in [6, 6.07) is 15.9. The molecule has 0 fully saturated rings. The second kappa shape index (κ2) is 5.81. The van der Waals surface area contributed by atoms with E-state index >= 15 is 0 Å². The second-order valence-electron chi connectivity index (χ2n) is 4.84. The van der Waals surface area contributed by atoms with Crippen molar-refractivity contribution in [1.82, 2.24) is 3.97 Å². The van der Waals surface area contributed by atoms with Gasteiger partial charge in [-0.05, 0) is 12.1 Å². The molecule has 6 heteroatoms. The van der Waals surface area contributed by atoms with E-state index in [9.17, 15) is 17.6 Å². The molecule has 0 bridgehead atoms. The Balaban J connectivity index is 2.31. The highest BCUT2D eigenvalue weighted by Gasteiger charge is 2.26. The van der Waals surface area contributed by atoms with Crippen molar-refractivity contribution in [3.05, 3.63) is 78.2 Å². The average molecular weight is 329 g/mol. The van der Waals surface area contributed by atoms with Crippen LogP contribution in [0.3, 0.4) is 0 Å². The van der Waals surface area contributed by atoms with Crippen molar-refractivity contribution in [2.24, 2.45) is 0 Å². The van der Waals surface area contributed by atoms with Gasteiger partial charge in [0.2, 0.25) is 0 Å². The van der Waals surface area contributed by atoms with Gasteiger partial charge in [-0.15, -0.1) is 0 Å². The fourth-order valence-electron chi connectivity index (χ4n) is 2.31. The Morgan fingerprint density at radius 2 is 1.48 bits per heavy atom. The Morgan fingerprint density at radius 1 is 0.913 bits per heavy atom. The van der Waals surface area contributed by atoms with Gasteiger partial charge in [-0.1, -0.05) is 48.5 Å². The minimum atomic E-state index is -4.01. The van der Waals surface area contributed by atoms with Gasteiger partial charge in [0.05, 0.1) is 10.5 Å². The fraction of sp³-hybridized carbons (Fsp3) is 0. The van der Waals surface area contributed by atoms with Crippen LogP contribution in [0.5, 0.6) is 0 Å². The van der Waals surface area contributed by atoms with E-state index in [-0.39, 0.29) is 16.2 Å². The third-order valence-corrected chi connectivity index (χ3v) is 5.09. The quantitative estimate of drug-likeness (QED) is 0.690. The number of hydrogen-bond acceptors (Lipinski definition) is 3. The van der Waals surface area contributed by atoms with Crippen LogP contribution in [0, 0.1) is 5.82 Å².